The van der Waals surface area contributed by atoms with Crippen LogP contribution in [0.4, 0.5) is 17.5 Å². The van der Waals surface area contributed by atoms with Gasteiger partial charge in [-0.25, -0.2) is 0 Å². The van der Waals surface area contributed by atoms with E-state index in [1.54, 1.807) is 17.0 Å². The molecule has 166 valence electrons. The molecule has 31 heavy (non-hydrogen) atoms. The van der Waals surface area contributed by atoms with Crippen LogP contribution in [0.15, 0.2) is 34.0 Å². The monoisotopic (exact) mass is 487 g/mol. The molecule has 3 aliphatic rings. The molecule has 0 aliphatic carbocycles. The normalized spacial score (nSPS) is 32.2. The molecule has 1 aromatic heterocycles. The summed E-state index contributed by atoms with van der Waals surface area (Å²) in [5, 5.41) is 14.8. The number of halogens is 1. The zero-order chi connectivity index (χ0) is 21.9. The van der Waals surface area contributed by atoms with Gasteiger partial charge in [0.15, 0.2) is 0 Å². The van der Waals surface area contributed by atoms with Crippen LogP contribution < -0.4 is 21.5 Å². The van der Waals surface area contributed by atoms with Gasteiger partial charge >= 0.3 is 187 Å². The van der Waals surface area contributed by atoms with Crippen LogP contribution >= 0.6 is 31.2 Å². The third-order valence-electron chi connectivity index (χ3n) is 5.20. The minimum atomic E-state index is -3.34. The maximum absolute atomic E-state index is 12.5. The van der Waals surface area contributed by atoms with Crippen molar-refractivity contribution in [2.24, 2.45) is 0 Å². The van der Waals surface area contributed by atoms with Gasteiger partial charge in [0, 0.05) is 0 Å². The predicted molar refractivity (Wildman–Crippen MR) is 121 cm³/mol. The van der Waals surface area contributed by atoms with Gasteiger partial charge in [-0.05, 0) is 0 Å². The minimum absolute atomic E-state index is 0.0625. The zero-order valence-corrected chi connectivity index (χ0v) is 18.8. The van der Waals surface area contributed by atoms with Gasteiger partial charge in [-0.15, -0.1) is 0 Å². The Labute approximate surface area is 187 Å². The molecule has 2 fully saturated rings. The number of benzene rings is 1. The third-order valence-corrected chi connectivity index (χ3v) is 7.98. The number of nitrogen functional groups attached to an aromatic ring is 1. The molecule has 3 unspecified atom stereocenters. The molecule has 0 radical (unpaired) electrons. The van der Waals surface area contributed by atoms with Crippen LogP contribution in [0.3, 0.4) is 0 Å². The van der Waals surface area contributed by atoms with E-state index in [0.29, 0.717) is 5.02 Å². The zero-order valence-electron chi connectivity index (χ0n) is 16.2. The number of aliphatic hydroxyl groups excluding tert-OH is 1. The number of H-pyrrole nitrogens is 1. The molecule has 5 rings (SSSR count). The first-order chi connectivity index (χ1) is 14.7. The van der Waals surface area contributed by atoms with Gasteiger partial charge in [0.2, 0.25) is 0 Å². The summed E-state index contributed by atoms with van der Waals surface area (Å²) in [5.74, 6) is 0.188. The molecule has 0 amide bonds. The van der Waals surface area contributed by atoms with E-state index >= 15 is 0 Å². The molecule has 5 atom stereocenters. The van der Waals surface area contributed by atoms with E-state index in [9.17, 15) is 14.8 Å². The summed E-state index contributed by atoms with van der Waals surface area (Å²) in [4.78, 5) is 31.9. The van der Waals surface area contributed by atoms with Crippen molar-refractivity contribution in [1.29, 1.82) is 0 Å². The number of hydrogen-bond acceptors (Lipinski definition) is 11. The molecule has 1 aromatic carbocycles. The Balaban J connectivity index is 1.50. The second-order valence-electron chi connectivity index (χ2n) is 7.47. The van der Waals surface area contributed by atoms with Gasteiger partial charge < -0.3 is 0 Å². The Morgan fingerprint density at radius 2 is 2.13 bits per heavy atom. The average molecular weight is 488 g/mol. The van der Waals surface area contributed by atoms with Gasteiger partial charge in [-0.2, -0.15) is 0 Å². The second-order valence-corrected chi connectivity index (χ2v) is 11.4. The molecule has 3 aliphatic heterocycles. The van der Waals surface area contributed by atoms with E-state index in [1.165, 1.54) is 19.3 Å². The van der Waals surface area contributed by atoms with Crippen molar-refractivity contribution in [2.75, 3.05) is 22.6 Å². The first-order valence-corrected chi connectivity index (χ1v) is 13.0. The Morgan fingerprint density at radius 3 is 2.87 bits per heavy atom. The van der Waals surface area contributed by atoms with Gasteiger partial charge in [0.1, 0.15) is 0 Å². The van der Waals surface area contributed by atoms with Crippen LogP contribution in [-0.4, -0.2) is 64.2 Å². The Kier molecular flexibility index (Phi) is 5.35. The van der Waals surface area contributed by atoms with E-state index in [0.717, 1.165) is 4.90 Å². The summed E-state index contributed by atoms with van der Waals surface area (Å²) in [6.07, 6.45) is -3.41. The summed E-state index contributed by atoms with van der Waals surface area (Å²) >= 11 is 7.36. The Morgan fingerprint density at radius 1 is 1.39 bits per heavy atom. The molecule has 4 heterocycles. The number of ether oxygens (including phenoxy) is 1. The fourth-order valence-corrected chi connectivity index (χ4v) is 6.36. The quantitative estimate of drug-likeness (QED) is 0.290. The number of nitrogens with two attached hydrogens (primary N) is 1. The predicted octanol–water partition coefficient (Wildman–Crippen LogP) is -0.150. The summed E-state index contributed by atoms with van der Waals surface area (Å²) in [6, 6.07) is 7.19. The van der Waals surface area contributed by atoms with Crippen LogP contribution in [0.2, 0.25) is 5.02 Å². The van der Waals surface area contributed by atoms with Crippen LogP contribution in [0.1, 0.15) is 0 Å². The van der Waals surface area contributed by atoms with Gasteiger partial charge in [0.25, 0.3) is 0 Å². The number of aliphatic hydroxyl groups is 1. The van der Waals surface area contributed by atoms with Crippen molar-refractivity contribution in [3.8, 4) is 0 Å². The molecule has 0 saturated carbocycles. The van der Waals surface area contributed by atoms with Crippen LogP contribution in [0.5, 0.6) is 0 Å². The van der Waals surface area contributed by atoms with Crippen LogP contribution in [0.25, 0.3) is 0 Å². The molecule has 0 spiro atoms. The number of nitrogens with one attached hydrogen (secondary N) is 2. The number of aromatic amines is 1. The summed E-state index contributed by atoms with van der Waals surface area (Å²) < 4.78 is 17.0. The van der Waals surface area contributed by atoms with Gasteiger partial charge in [-0.1, -0.05) is 0 Å². The average Bonchev–Trinajstić information content (AvgIpc) is 3.20. The number of nitrogens with zero attached hydrogens (tertiary/aromatic N) is 2. The fourth-order valence-electron chi connectivity index (χ4n) is 3.83. The Hall–Kier alpha value is -1.57. The summed E-state index contributed by atoms with van der Waals surface area (Å²) in [7, 11) is -1.86. The Bertz CT molecular complexity index is 1060. The summed E-state index contributed by atoms with van der Waals surface area (Å²) in [6.45, 7) is 0.0888. The van der Waals surface area contributed by atoms with Crippen molar-refractivity contribution in [1.82, 2.24) is 9.97 Å². The van der Waals surface area contributed by atoms with Crippen LogP contribution in [-0.2, 0) is 13.8 Å². The first kappa shape index (κ1) is 21.3. The maximum atomic E-state index is 12.5. The van der Waals surface area contributed by atoms with Crippen molar-refractivity contribution in [3.63, 3.8) is 0 Å². The van der Waals surface area contributed by atoms with Crippen LogP contribution in [0, 0.1) is 0 Å². The number of hydrogen-bond donors (Lipinski definition) is 5. The second kappa shape index (κ2) is 7.78. The molecule has 15 heteroatoms. The topological polar surface area (TPSA) is 155 Å². The van der Waals surface area contributed by atoms with Gasteiger partial charge in [0.05, 0.1) is 0 Å². The molecule has 6 N–H and O–H groups in total. The molecule has 11 nitrogen and oxygen atoms in total. The van der Waals surface area contributed by atoms with Crippen molar-refractivity contribution in [2.45, 2.75) is 34.9 Å². The van der Waals surface area contributed by atoms with E-state index in [2.05, 4.69) is 15.3 Å². The first-order valence-electron chi connectivity index (χ1n) is 9.46. The third kappa shape index (κ3) is 3.89. The molecule has 0 bridgehead atoms. The number of aromatic nitrogens is 2. The molecule has 2 aromatic rings. The molecular formula is C16H20BClN5O6PS. The summed E-state index contributed by atoms with van der Waals surface area (Å²) in [5.41, 5.74) is 5.00. The number of rotatable bonds is 3. The van der Waals surface area contributed by atoms with E-state index in [-0.39, 0.29) is 24.1 Å². The van der Waals surface area contributed by atoms with E-state index < -0.39 is 43.4 Å². The van der Waals surface area contributed by atoms with Crippen molar-refractivity contribution >= 4 is 56.2 Å². The molecular weight excluding hydrogens is 468 g/mol. The van der Waals surface area contributed by atoms with E-state index in [1.807, 2.05) is 12.1 Å². The number of fused-ring (bicyclic) bond motifs is 2. The SMILES string of the molecule is B[PH]1(O)OC[C@H]2OC(N3c4nc(N)[nH]c(=O)c4NC3Sc3ccc(Cl)cc3)C(O)[C@@H]2O1. The number of anilines is 3. The van der Waals surface area contributed by atoms with Crippen molar-refractivity contribution in [3.05, 3.63) is 39.6 Å². The molecule has 2 saturated heterocycles. The van der Waals surface area contributed by atoms with E-state index in [4.69, 9.17) is 31.1 Å². The van der Waals surface area contributed by atoms with Crippen molar-refractivity contribution < 1.29 is 23.8 Å². The fraction of sp³-hybridized carbons (Fsp3) is 0.375. The number of thioether (sulfide) groups is 1. The standard InChI is InChI=1S/C16H20BClN5O6PS/c17-30(26)27-5-8-11(29-30)10(24)14(28-8)23-12-9(13(25)22-15(19)21-12)20-16(23)31-7-3-1-6(18)2-4-7/h1-4,8,10-11,14,16,20,24,26,30H,5,17H2,(H3,19,21,22,25)/t8-,10?,11-,14?,16?/m1/s1. The van der Waals surface area contributed by atoms with Gasteiger partial charge in [-0.3, -0.25) is 0 Å².